The van der Waals surface area contributed by atoms with Crippen molar-refractivity contribution in [2.75, 3.05) is 6.61 Å². The van der Waals surface area contributed by atoms with E-state index >= 15 is 0 Å². The van der Waals surface area contributed by atoms with Crippen LogP contribution in [0, 0.1) is 0 Å². The smallest absolute Gasteiger partial charge is 0.339 e. The molecule has 0 heterocycles. The lowest BCUT2D eigenvalue weighted by molar-refractivity contribution is -0.136. The first-order valence-electron chi connectivity index (χ1n) is 9.60. The highest BCUT2D eigenvalue weighted by atomic mass is 79.9. The Bertz CT molecular complexity index is 1070. The molecule has 3 aromatic carbocycles. The van der Waals surface area contributed by atoms with Crippen molar-refractivity contribution in [1.29, 1.82) is 0 Å². The minimum Gasteiger partial charge on any atom is -0.482 e. The summed E-state index contributed by atoms with van der Waals surface area (Å²) in [6.45, 7) is 1.97. The first-order chi connectivity index (χ1) is 14.9. The number of amides is 1. The number of aromatic carboxylic acids is 1. The zero-order valence-electron chi connectivity index (χ0n) is 16.8. The van der Waals surface area contributed by atoms with Gasteiger partial charge in [0, 0.05) is 11.6 Å². The molecule has 1 amide bonds. The Kier molecular flexibility index (Phi) is 7.71. The van der Waals surface area contributed by atoms with Gasteiger partial charge in [-0.05, 0) is 58.2 Å². The highest BCUT2D eigenvalue weighted by Gasteiger charge is 2.24. The third kappa shape index (κ3) is 5.87. The molecule has 0 aliphatic heterocycles. The predicted molar refractivity (Wildman–Crippen MR) is 123 cm³/mol. The van der Waals surface area contributed by atoms with Crippen molar-refractivity contribution in [3.63, 3.8) is 0 Å². The Labute approximate surface area is 194 Å². The summed E-state index contributed by atoms with van der Waals surface area (Å²) in [4.78, 5) is 26.4. The average Bonchev–Trinajstić information content (AvgIpc) is 2.76. The van der Waals surface area contributed by atoms with Gasteiger partial charge >= 0.3 is 5.97 Å². The largest absolute Gasteiger partial charge is 0.482 e. The fourth-order valence-corrected chi connectivity index (χ4v) is 3.92. The standard InChI is InChI=1S/C24H21BrClNO4/c1-16(18-8-3-2-4-9-18)27(14-17-7-5-10-19(26)13-17)22(28)15-31-23-20(24(29)30)11-6-12-21(23)25/h2-13,16H,14-15H2,1H3,(H,29,30)/t16-/m0/s1. The number of ether oxygens (including phenoxy) is 1. The number of rotatable bonds is 8. The van der Waals surface area contributed by atoms with Gasteiger partial charge < -0.3 is 14.7 Å². The molecule has 0 aliphatic carbocycles. The normalized spacial score (nSPS) is 11.6. The zero-order valence-corrected chi connectivity index (χ0v) is 19.1. The summed E-state index contributed by atoms with van der Waals surface area (Å²) in [5.41, 5.74) is 1.85. The average molecular weight is 503 g/mol. The molecule has 0 fully saturated rings. The summed E-state index contributed by atoms with van der Waals surface area (Å²) in [7, 11) is 0. The van der Waals surface area contributed by atoms with Gasteiger partial charge in [0.2, 0.25) is 0 Å². The number of hydrogen-bond donors (Lipinski definition) is 1. The molecule has 0 radical (unpaired) electrons. The van der Waals surface area contributed by atoms with E-state index in [0.717, 1.165) is 11.1 Å². The van der Waals surface area contributed by atoms with Crippen LogP contribution in [-0.4, -0.2) is 28.5 Å². The van der Waals surface area contributed by atoms with E-state index in [0.29, 0.717) is 16.0 Å². The summed E-state index contributed by atoms with van der Waals surface area (Å²) < 4.78 is 6.14. The summed E-state index contributed by atoms with van der Waals surface area (Å²) in [6.07, 6.45) is 0. The molecule has 0 saturated carbocycles. The number of carboxylic acid groups (broad SMARTS) is 1. The lowest BCUT2D eigenvalue weighted by atomic mass is 10.1. The molecule has 31 heavy (non-hydrogen) atoms. The van der Waals surface area contributed by atoms with E-state index in [-0.39, 0.29) is 29.9 Å². The van der Waals surface area contributed by atoms with Crippen LogP contribution >= 0.6 is 27.5 Å². The van der Waals surface area contributed by atoms with E-state index in [2.05, 4.69) is 15.9 Å². The number of carbonyl (C=O) groups is 2. The van der Waals surface area contributed by atoms with E-state index < -0.39 is 5.97 Å². The predicted octanol–water partition coefficient (Wildman–Crippen LogP) is 5.97. The van der Waals surface area contributed by atoms with Crippen LogP contribution in [0.15, 0.2) is 77.3 Å². The molecule has 3 rings (SSSR count). The molecular formula is C24H21BrClNO4. The maximum absolute atomic E-state index is 13.2. The molecule has 0 aromatic heterocycles. The van der Waals surface area contributed by atoms with Gasteiger partial charge in [0.05, 0.1) is 10.5 Å². The molecule has 3 aromatic rings. The summed E-state index contributed by atoms with van der Waals surface area (Å²) in [5, 5.41) is 10.0. The van der Waals surface area contributed by atoms with Gasteiger partial charge in [-0.1, -0.05) is 60.1 Å². The second-order valence-electron chi connectivity index (χ2n) is 6.95. The van der Waals surface area contributed by atoms with E-state index in [4.69, 9.17) is 16.3 Å². The van der Waals surface area contributed by atoms with Gasteiger partial charge in [0.25, 0.3) is 5.91 Å². The second-order valence-corrected chi connectivity index (χ2v) is 8.24. The number of benzene rings is 3. The minimum absolute atomic E-state index is 0.0142. The molecule has 0 saturated heterocycles. The van der Waals surface area contributed by atoms with Crippen LogP contribution in [0.5, 0.6) is 5.75 Å². The lowest BCUT2D eigenvalue weighted by Crippen LogP contribution is -2.36. The molecule has 1 atom stereocenters. The van der Waals surface area contributed by atoms with Crippen molar-refractivity contribution in [1.82, 2.24) is 4.90 Å². The van der Waals surface area contributed by atoms with E-state index in [9.17, 15) is 14.7 Å². The molecule has 160 valence electrons. The number of hydrogen-bond acceptors (Lipinski definition) is 3. The number of halogens is 2. The summed E-state index contributed by atoms with van der Waals surface area (Å²) >= 11 is 9.42. The Morgan fingerprint density at radius 2 is 1.77 bits per heavy atom. The molecule has 0 unspecified atom stereocenters. The van der Waals surface area contributed by atoms with E-state index in [1.807, 2.05) is 55.5 Å². The summed E-state index contributed by atoms with van der Waals surface area (Å²) in [5.74, 6) is -1.28. The third-order valence-corrected chi connectivity index (χ3v) is 5.71. The van der Waals surface area contributed by atoms with Crippen molar-refractivity contribution in [2.45, 2.75) is 19.5 Å². The molecule has 0 spiro atoms. The van der Waals surface area contributed by atoms with Gasteiger partial charge in [-0.3, -0.25) is 4.79 Å². The Balaban J connectivity index is 1.85. The monoisotopic (exact) mass is 501 g/mol. The van der Waals surface area contributed by atoms with E-state index in [1.165, 1.54) is 6.07 Å². The first kappa shape index (κ1) is 22.8. The maximum atomic E-state index is 13.2. The quantitative estimate of drug-likeness (QED) is 0.412. The van der Waals surface area contributed by atoms with Crippen LogP contribution in [0.25, 0.3) is 0 Å². The van der Waals surface area contributed by atoms with Crippen molar-refractivity contribution >= 4 is 39.4 Å². The van der Waals surface area contributed by atoms with Crippen LogP contribution < -0.4 is 4.74 Å². The Morgan fingerprint density at radius 3 is 2.45 bits per heavy atom. The number of nitrogens with zero attached hydrogens (tertiary/aromatic N) is 1. The molecule has 0 aliphatic rings. The highest BCUT2D eigenvalue weighted by Crippen LogP contribution is 2.30. The topological polar surface area (TPSA) is 66.8 Å². The molecule has 7 heteroatoms. The summed E-state index contributed by atoms with van der Waals surface area (Å²) in [6, 6.07) is 21.5. The minimum atomic E-state index is -1.13. The second kappa shape index (κ2) is 10.5. The van der Waals surface area contributed by atoms with Crippen LogP contribution in [0.1, 0.15) is 34.5 Å². The van der Waals surface area contributed by atoms with Crippen molar-refractivity contribution < 1.29 is 19.4 Å². The lowest BCUT2D eigenvalue weighted by Gasteiger charge is -2.30. The Hall–Kier alpha value is -2.83. The maximum Gasteiger partial charge on any atom is 0.339 e. The third-order valence-electron chi connectivity index (χ3n) is 4.85. The first-order valence-corrected chi connectivity index (χ1v) is 10.8. The van der Waals surface area contributed by atoms with Crippen LogP contribution in [0.2, 0.25) is 5.02 Å². The number of para-hydroxylation sites is 1. The molecule has 0 bridgehead atoms. The molecular weight excluding hydrogens is 482 g/mol. The van der Waals surface area contributed by atoms with Gasteiger partial charge in [-0.2, -0.15) is 0 Å². The zero-order chi connectivity index (χ0) is 22.4. The van der Waals surface area contributed by atoms with Crippen molar-refractivity contribution in [3.05, 3.63) is 99.0 Å². The van der Waals surface area contributed by atoms with Gasteiger partial charge in [0.15, 0.2) is 6.61 Å². The highest BCUT2D eigenvalue weighted by molar-refractivity contribution is 9.10. The Morgan fingerprint density at radius 1 is 1.06 bits per heavy atom. The fourth-order valence-electron chi connectivity index (χ4n) is 3.23. The fraction of sp³-hybridized carbons (Fsp3) is 0.167. The molecule has 5 nitrogen and oxygen atoms in total. The van der Waals surface area contributed by atoms with Crippen LogP contribution in [-0.2, 0) is 11.3 Å². The number of carboxylic acids is 1. The number of carbonyl (C=O) groups excluding carboxylic acids is 1. The van der Waals surface area contributed by atoms with Crippen LogP contribution in [0.4, 0.5) is 0 Å². The van der Waals surface area contributed by atoms with Crippen molar-refractivity contribution in [2.24, 2.45) is 0 Å². The van der Waals surface area contributed by atoms with Gasteiger partial charge in [-0.15, -0.1) is 0 Å². The van der Waals surface area contributed by atoms with Crippen LogP contribution in [0.3, 0.4) is 0 Å². The van der Waals surface area contributed by atoms with E-state index in [1.54, 1.807) is 23.1 Å². The molecule has 1 N–H and O–H groups in total. The van der Waals surface area contributed by atoms with Gasteiger partial charge in [-0.25, -0.2) is 4.79 Å². The van der Waals surface area contributed by atoms with Crippen molar-refractivity contribution in [3.8, 4) is 5.75 Å². The van der Waals surface area contributed by atoms with Gasteiger partial charge in [0.1, 0.15) is 11.3 Å². The SMILES string of the molecule is C[C@@H](c1ccccc1)N(Cc1cccc(Cl)c1)C(=O)COc1c(Br)cccc1C(=O)O.